The van der Waals surface area contributed by atoms with Gasteiger partial charge in [0.1, 0.15) is 5.75 Å². The van der Waals surface area contributed by atoms with E-state index in [0.29, 0.717) is 6.54 Å². The number of rotatable bonds is 4. The van der Waals surface area contributed by atoms with Crippen LogP contribution in [0, 0.1) is 5.92 Å². The highest BCUT2D eigenvalue weighted by molar-refractivity contribution is 5.85. The summed E-state index contributed by atoms with van der Waals surface area (Å²) in [4.78, 5) is 13.2. The molecule has 0 aromatic heterocycles. The lowest BCUT2D eigenvalue weighted by atomic mass is 9.98. The maximum Gasteiger partial charge on any atom is 0.307 e. The first-order valence-corrected chi connectivity index (χ1v) is 6.27. The molecule has 1 aliphatic heterocycles. The number of likely N-dealkylation sites (tertiary alicyclic amines) is 1. The molecule has 0 amide bonds. The highest BCUT2D eigenvalue weighted by Crippen LogP contribution is 2.19. The van der Waals surface area contributed by atoms with Crippen LogP contribution in [0.1, 0.15) is 18.4 Å². The second-order valence-corrected chi connectivity index (χ2v) is 4.76. The summed E-state index contributed by atoms with van der Waals surface area (Å²) >= 11 is 0. The van der Waals surface area contributed by atoms with Crippen molar-refractivity contribution < 1.29 is 14.6 Å². The predicted molar refractivity (Wildman–Crippen MR) is 75.9 cm³/mol. The van der Waals surface area contributed by atoms with Crippen molar-refractivity contribution in [2.24, 2.45) is 5.92 Å². The zero-order valence-electron chi connectivity index (χ0n) is 11.0. The smallest absolute Gasteiger partial charge is 0.307 e. The molecule has 1 fully saturated rings. The predicted octanol–water partition coefficient (Wildman–Crippen LogP) is 2.41. The molecule has 1 heterocycles. The average Bonchev–Trinajstić information content (AvgIpc) is 2.40. The zero-order valence-corrected chi connectivity index (χ0v) is 11.9. The lowest BCUT2D eigenvalue weighted by Gasteiger charge is -2.30. The van der Waals surface area contributed by atoms with Gasteiger partial charge < -0.3 is 9.84 Å². The highest BCUT2D eigenvalue weighted by Gasteiger charge is 2.25. The number of methoxy groups -OCH3 is 1. The van der Waals surface area contributed by atoms with Crippen molar-refractivity contribution in [1.29, 1.82) is 0 Å². The molecule has 4 nitrogen and oxygen atoms in total. The van der Waals surface area contributed by atoms with E-state index in [2.05, 4.69) is 4.90 Å². The molecule has 19 heavy (non-hydrogen) atoms. The number of benzene rings is 1. The van der Waals surface area contributed by atoms with Crippen LogP contribution >= 0.6 is 12.4 Å². The molecule has 1 unspecified atom stereocenters. The molecule has 1 atom stereocenters. The third-order valence-corrected chi connectivity index (χ3v) is 3.42. The molecule has 106 valence electrons. The van der Waals surface area contributed by atoms with Crippen molar-refractivity contribution in [1.82, 2.24) is 4.90 Å². The zero-order chi connectivity index (χ0) is 13.0. The Morgan fingerprint density at radius 1 is 1.42 bits per heavy atom. The summed E-state index contributed by atoms with van der Waals surface area (Å²) in [6, 6.07) is 7.94. The number of piperidine rings is 1. The number of carboxylic acid groups (broad SMARTS) is 1. The topological polar surface area (TPSA) is 49.8 Å². The molecule has 1 aromatic carbocycles. The van der Waals surface area contributed by atoms with Crippen LogP contribution < -0.4 is 4.74 Å². The highest BCUT2D eigenvalue weighted by atomic mass is 35.5. The summed E-state index contributed by atoms with van der Waals surface area (Å²) < 4.78 is 5.12. The number of carboxylic acids is 1. The van der Waals surface area contributed by atoms with Crippen molar-refractivity contribution in [3.05, 3.63) is 29.8 Å². The Morgan fingerprint density at radius 2 is 2.11 bits per heavy atom. The fourth-order valence-electron chi connectivity index (χ4n) is 2.39. The Labute approximate surface area is 119 Å². The molecule has 0 saturated carbocycles. The number of carbonyl (C=O) groups is 1. The number of nitrogens with zero attached hydrogens (tertiary/aromatic N) is 1. The first-order valence-electron chi connectivity index (χ1n) is 6.27. The number of hydrogen-bond acceptors (Lipinski definition) is 3. The van der Waals surface area contributed by atoms with Crippen LogP contribution in [0.15, 0.2) is 24.3 Å². The van der Waals surface area contributed by atoms with Crippen LogP contribution in [0.4, 0.5) is 0 Å². The minimum absolute atomic E-state index is 0. The number of hydrogen-bond donors (Lipinski definition) is 1. The lowest BCUT2D eigenvalue weighted by molar-refractivity contribution is -0.143. The first kappa shape index (κ1) is 15.8. The van der Waals surface area contributed by atoms with Gasteiger partial charge in [-0.1, -0.05) is 12.1 Å². The average molecular weight is 286 g/mol. The Balaban J connectivity index is 0.00000180. The van der Waals surface area contributed by atoms with Crippen LogP contribution in [0.25, 0.3) is 0 Å². The van der Waals surface area contributed by atoms with Crippen molar-refractivity contribution in [3.8, 4) is 5.75 Å². The fraction of sp³-hybridized carbons (Fsp3) is 0.500. The number of aliphatic carboxylic acids is 1. The summed E-state index contributed by atoms with van der Waals surface area (Å²) in [5.41, 5.74) is 1.20. The monoisotopic (exact) mass is 285 g/mol. The van der Waals surface area contributed by atoms with Gasteiger partial charge >= 0.3 is 5.97 Å². The van der Waals surface area contributed by atoms with Crippen molar-refractivity contribution in [3.63, 3.8) is 0 Å². The standard InChI is InChI=1S/C14H19NO3.ClH/c1-18-13-6-4-11(5-7-13)9-15-8-2-3-12(10-15)14(16)17;/h4-7,12H,2-3,8-10H2,1H3,(H,16,17);1H. The normalized spacial score (nSPS) is 19.5. The van der Waals surface area contributed by atoms with Crippen LogP contribution in [-0.4, -0.2) is 36.2 Å². The molecule has 0 aliphatic carbocycles. The van der Waals surface area contributed by atoms with Gasteiger partial charge in [0.2, 0.25) is 0 Å². The summed E-state index contributed by atoms with van der Waals surface area (Å²) in [6.07, 6.45) is 1.77. The molecule has 1 aliphatic rings. The molecule has 1 N–H and O–H groups in total. The summed E-state index contributed by atoms with van der Waals surface area (Å²) in [6.45, 7) is 2.45. The van der Waals surface area contributed by atoms with E-state index in [1.54, 1.807) is 7.11 Å². The lowest BCUT2D eigenvalue weighted by Crippen LogP contribution is -2.38. The van der Waals surface area contributed by atoms with Crippen LogP contribution in [0.2, 0.25) is 0 Å². The third kappa shape index (κ3) is 4.40. The van der Waals surface area contributed by atoms with E-state index in [-0.39, 0.29) is 18.3 Å². The molecule has 0 spiro atoms. The summed E-state index contributed by atoms with van der Waals surface area (Å²) in [5.74, 6) is -0.0350. The SMILES string of the molecule is COc1ccc(CN2CCCC(C(=O)O)C2)cc1.Cl. The van der Waals surface area contributed by atoms with E-state index in [1.165, 1.54) is 5.56 Å². The van der Waals surface area contributed by atoms with Gasteiger partial charge in [0.05, 0.1) is 13.0 Å². The molecule has 0 bridgehead atoms. The van der Waals surface area contributed by atoms with Crippen molar-refractivity contribution in [2.45, 2.75) is 19.4 Å². The van der Waals surface area contributed by atoms with Gasteiger partial charge in [-0.3, -0.25) is 9.69 Å². The van der Waals surface area contributed by atoms with Gasteiger partial charge in [-0.2, -0.15) is 0 Å². The summed E-state index contributed by atoms with van der Waals surface area (Å²) in [5, 5.41) is 9.05. The third-order valence-electron chi connectivity index (χ3n) is 3.42. The summed E-state index contributed by atoms with van der Waals surface area (Å²) in [7, 11) is 1.65. The van der Waals surface area contributed by atoms with E-state index in [4.69, 9.17) is 9.84 Å². The number of halogens is 1. The van der Waals surface area contributed by atoms with E-state index in [1.807, 2.05) is 24.3 Å². The molecular formula is C14H20ClNO3. The second-order valence-electron chi connectivity index (χ2n) is 4.76. The maximum atomic E-state index is 11.0. The molecule has 0 radical (unpaired) electrons. The largest absolute Gasteiger partial charge is 0.497 e. The molecule has 2 rings (SSSR count). The van der Waals surface area contributed by atoms with Gasteiger partial charge in [0.25, 0.3) is 0 Å². The van der Waals surface area contributed by atoms with Gasteiger partial charge in [0, 0.05) is 13.1 Å². The van der Waals surface area contributed by atoms with Crippen LogP contribution in [0.5, 0.6) is 5.75 Å². The van der Waals surface area contributed by atoms with E-state index in [0.717, 1.165) is 31.7 Å². The van der Waals surface area contributed by atoms with Gasteiger partial charge in [-0.15, -0.1) is 12.4 Å². The molecular weight excluding hydrogens is 266 g/mol. The molecule has 1 saturated heterocycles. The quantitative estimate of drug-likeness (QED) is 0.923. The maximum absolute atomic E-state index is 11.0. The Kier molecular flexibility index (Phi) is 6.12. The Hall–Kier alpha value is -1.26. The minimum atomic E-state index is -0.672. The van der Waals surface area contributed by atoms with E-state index < -0.39 is 5.97 Å². The van der Waals surface area contributed by atoms with E-state index >= 15 is 0 Å². The first-order chi connectivity index (χ1) is 8.69. The van der Waals surface area contributed by atoms with Crippen molar-refractivity contribution >= 4 is 18.4 Å². The minimum Gasteiger partial charge on any atom is -0.497 e. The van der Waals surface area contributed by atoms with Gasteiger partial charge in [0.15, 0.2) is 0 Å². The molecule has 5 heteroatoms. The van der Waals surface area contributed by atoms with Crippen LogP contribution in [-0.2, 0) is 11.3 Å². The van der Waals surface area contributed by atoms with Crippen molar-refractivity contribution in [2.75, 3.05) is 20.2 Å². The second kappa shape index (κ2) is 7.36. The van der Waals surface area contributed by atoms with Gasteiger partial charge in [-0.05, 0) is 37.1 Å². The van der Waals surface area contributed by atoms with Gasteiger partial charge in [-0.25, -0.2) is 0 Å². The Morgan fingerprint density at radius 3 is 2.68 bits per heavy atom. The van der Waals surface area contributed by atoms with Crippen LogP contribution in [0.3, 0.4) is 0 Å². The fourth-order valence-corrected chi connectivity index (χ4v) is 2.39. The Bertz CT molecular complexity index is 408. The van der Waals surface area contributed by atoms with E-state index in [9.17, 15) is 4.79 Å². The molecule has 1 aromatic rings. The number of ether oxygens (including phenoxy) is 1.